The van der Waals surface area contributed by atoms with Crippen LogP contribution in [0.15, 0.2) is 12.3 Å². The Morgan fingerprint density at radius 2 is 2.38 bits per heavy atom. The lowest BCUT2D eigenvalue weighted by molar-refractivity contribution is 0.183. The van der Waals surface area contributed by atoms with Gasteiger partial charge >= 0.3 is 0 Å². The van der Waals surface area contributed by atoms with Crippen LogP contribution in [-0.4, -0.2) is 42.6 Å². The number of nitrogens with two attached hydrogens (primary N) is 1. The maximum atomic E-state index is 7.31. The van der Waals surface area contributed by atoms with Crippen molar-refractivity contribution >= 4 is 11.8 Å². The number of aromatic nitrogens is 2. The summed E-state index contributed by atoms with van der Waals surface area (Å²) in [5.41, 5.74) is 5.80. The maximum Gasteiger partial charge on any atom is 0.226 e. The van der Waals surface area contributed by atoms with Crippen molar-refractivity contribution in [2.75, 3.05) is 25.7 Å². The van der Waals surface area contributed by atoms with Gasteiger partial charge in [0.05, 0.1) is 12.6 Å². The number of methoxy groups -OCH3 is 1. The highest BCUT2D eigenvalue weighted by Crippen LogP contribution is 2.09. The van der Waals surface area contributed by atoms with Crippen LogP contribution in [0.25, 0.3) is 0 Å². The highest BCUT2D eigenvalue weighted by molar-refractivity contribution is 5.93. The number of amidine groups is 1. The van der Waals surface area contributed by atoms with Gasteiger partial charge in [0.15, 0.2) is 0 Å². The average molecular weight is 223 g/mol. The van der Waals surface area contributed by atoms with Crippen LogP contribution in [-0.2, 0) is 4.74 Å². The van der Waals surface area contributed by atoms with Crippen LogP contribution < -0.4 is 10.6 Å². The number of nitrogens with zero attached hydrogens (tertiary/aromatic N) is 3. The first-order chi connectivity index (χ1) is 7.56. The molecule has 0 saturated carbocycles. The zero-order valence-electron chi connectivity index (χ0n) is 9.77. The monoisotopic (exact) mass is 223 g/mol. The first-order valence-corrected chi connectivity index (χ1v) is 4.95. The standard InChI is InChI=1S/C10H17N5O/c1-7(6-16-3)15(2)10-13-5-4-8(14-10)9(11)12/h4-5,7H,6H2,1-3H3,(H3,11,12). The number of rotatable bonds is 5. The Morgan fingerprint density at radius 3 is 2.94 bits per heavy atom. The molecule has 1 aromatic heterocycles. The molecule has 0 aliphatic heterocycles. The molecule has 88 valence electrons. The van der Waals surface area contributed by atoms with E-state index in [1.165, 1.54) is 0 Å². The van der Waals surface area contributed by atoms with Gasteiger partial charge in [-0.1, -0.05) is 0 Å². The number of nitrogen functional groups attached to an aromatic ring is 1. The molecule has 1 aromatic rings. The predicted molar refractivity (Wildman–Crippen MR) is 62.8 cm³/mol. The van der Waals surface area contributed by atoms with Gasteiger partial charge in [-0.3, -0.25) is 5.41 Å². The second-order valence-electron chi connectivity index (χ2n) is 3.57. The molecule has 1 rings (SSSR count). The van der Waals surface area contributed by atoms with Crippen molar-refractivity contribution in [3.8, 4) is 0 Å². The number of ether oxygens (including phenoxy) is 1. The van der Waals surface area contributed by atoms with Crippen LogP contribution in [0.3, 0.4) is 0 Å². The topological polar surface area (TPSA) is 88.1 Å². The van der Waals surface area contributed by atoms with Gasteiger partial charge < -0.3 is 15.4 Å². The number of nitrogens with one attached hydrogen (secondary N) is 1. The van der Waals surface area contributed by atoms with Gasteiger partial charge in [-0.2, -0.15) is 0 Å². The van der Waals surface area contributed by atoms with Crippen LogP contribution in [0.1, 0.15) is 12.6 Å². The van der Waals surface area contributed by atoms with Crippen molar-refractivity contribution in [2.24, 2.45) is 5.73 Å². The molecule has 0 bridgehead atoms. The summed E-state index contributed by atoms with van der Waals surface area (Å²) >= 11 is 0. The zero-order chi connectivity index (χ0) is 12.1. The maximum absolute atomic E-state index is 7.31. The molecular weight excluding hydrogens is 206 g/mol. The third-order valence-electron chi connectivity index (χ3n) is 2.30. The van der Waals surface area contributed by atoms with E-state index in [0.717, 1.165) is 0 Å². The highest BCUT2D eigenvalue weighted by Gasteiger charge is 2.13. The summed E-state index contributed by atoms with van der Waals surface area (Å²) in [6.45, 7) is 2.59. The summed E-state index contributed by atoms with van der Waals surface area (Å²) < 4.78 is 5.06. The van der Waals surface area contributed by atoms with Gasteiger partial charge in [0.1, 0.15) is 11.5 Å². The summed E-state index contributed by atoms with van der Waals surface area (Å²) in [4.78, 5) is 10.2. The molecule has 3 N–H and O–H groups in total. The molecule has 0 amide bonds. The lowest BCUT2D eigenvalue weighted by Gasteiger charge is -2.24. The van der Waals surface area contributed by atoms with Gasteiger partial charge in [0.25, 0.3) is 0 Å². The summed E-state index contributed by atoms with van der Waals surface area (Å²) in [6, 6.07) is 1.77. The van der Waals surface area contributed by atoms with E-state index in [9.17, 15) is 0 Å². The number of anilines is 1. The molecule has 1 atom stereocenters. The van der Waals surface area contributed by atoms with Gasteiger partial charge in [0.2, 0.25) is 5.95 Å². The molecule has 0 saturated heterocycles. The Balaban J connectivity index is 2.86. The van der Waals surface area contributed by atoms with Gasteiger partial charge in [0, 0.05) is 20.4 Å². The van der Waals surface area contributed by atoms with Gasteiger partial charge in [-0.05, 0) is 13.0 Å². The molecule has 6 nitrogen and oxygen atoms in total. The Labute approximate surface area is 95.0 Å². The Hall–Kier alpha value is -1.69. The smallest absolute Gasteiger partial charge is 0.226 e. The Bertz CT molecular complexity index is 368. The van der Waals surface area contributed by atoms with Crippen LogP contribution in [0, 0.1) is 5.41 Å². The second kappa shape index (κ2) is 5.41. The normalized spacial score (nSPS) is 12.2. The molecular formula is C10H17N5O. The second-order valence-corrected chi connectivity index (χ2v) is 3.57. The number of likely N-dealkylation sites (N-methyl/N-ethyl adjacent to an activating group) is 1. The number of hydrogen-bond acceptors (Lipinski definition) is 5. The predicted octanol–water partition coefficient (Wildman–Crippen LogP) is 0.232. The minimum atomic E-state index is -0.0588. The summed E-state index contributed by atoms with van der Waals surface area (Å²) in [6.07, 6.45) is 1.59. The molecule has 16 heavy (non-hydrogen) atoms. The number of hydrogen-bond donors (Lipinski definition) is 2. The van der Waals surface area contributed by atoms with Crippen molar-refractivity contribution in [1.82, 2.24) is 9.97 Å². The molecule has 0 aliphatic rings. The molecule has 0 aromatic carbocycles. The van der Waals surface area contributed by atoms with E-state index in [2.05, 4.69) is 9.97 Å². The third kappa shape index (κ3) is 2.90. The highest BCUT2D eigenvalue weighted by atomic mass is 16.5. The van der Waals surface area contributed by atoms with Crippen molar-refractivity contribution in [2.45, 2.75) is 13.0 Å². The van der Waals surface area contributed by atoms with E-state index in [0.29, 0.717) is 18.2 Å². The van der Waals surface area contributed by atoms with Crippen molar-refractivity contribution in [1.29, 1.82) is 5.41 Å². The first-order valence-electron chi connectivity index (χ1n) is 4.95. The van der Waals surface area contributed by atoms with E-state index in [4.69, 9.17) is 15.9 Å². The molecule has 0 spiro atoms. The fourth-order valence-electron chi connectivity index (χ4n) is 1.22. The summed E-state index contributed by atoms with van der Waals surface area (Å²) in [5, 5.41) is 7.31. The quantitative estimate of drug-likeness (QED) is 0.551. The van der Waals surface area contributed by atoms with E-state index >= 15 is 0 Å². The fraction of sp³-hybridized carbons (Fsp3) is 0.500. The minimum Gasteiger partial charge on any atom is -0.383 e. The van der Waals surface area contributed by atoms with Crippen molar-refractivity contribution in [3.63, 3.8) is 0 Å². The fourth-order valence-corrected chi connectivity index (χ4v) is 1.22. The van der Waals surface area contributed by atoms with Crippen molar-refractivity contribution in [3.05, 3.63) is 18.0 Å². The lowest BCUT2D eigenvalue weighted by atomic mass is 10.3. The summed E-state index contributed by atoms with van der Waals surface area (Å²) in [7, 11) is 3.53. The molecule has 0 fully saturated rings. The van der Waals surface area contributed by atoms with Gasteiger partial charge in [-0.15, -0.1) is 0 Å². The van der Waals surface area contributed by atoms with E-state index in [-0.39, 0.29) is 11.9 Å². The SMILES string of the molecule is COCC(C)N(C)c1nccc(C(=N)N)n1. The van der Waals surface area contributed by atoms with Crippen LogP contribution >= 0.6 is 0 Å². The largest absolute Gasteiger partial charge is 0.383 e. The van der Waals surface area contributed by atoms with Crippen molar-refractivity contribution < 1.29 is 4.74 Å². The molecule has 0 aliphatic carbocycles. The average Bonchev–Trinajstić information content (AvgIpc) is 2.28. The lowest BCUT2D eigenvalue weighted by Crippen LogP contribution is -2.34. The molecule has 0 radical (unpaired) electrons. The van der Waals surface area contributed by atoms with E-state index in [1.807, 2.05) is 18.9 Å². The van der Waals surface area contributed by atoms with Crippen LogP contribution in [0.5, 0.6) is 0 Å². The molecule has 6 heteroatoms. The van der Waals surface area contributed by atoms with E-state index < -0.39 is 0 Å². The first kappa shape index (κ1) is 12.4. The van der Waals surface area contributed by atoms with Gasteiger partial charge in [-0.25, -0.2) is 9.97 Å². The Morgan fingerprint density at radius 1 is 1.69 bits per heavy atom. The zero-order valence-corrected chi connectivity index (χ0v) is 9.77. The Kier molecular flexibility index (Phi) is 4.19. The molecule has 1 heterocycles. The third-order valence-corrected chi connectivity index (χ3v) is 2.30. The van der Waals surface area contributed by atoms with E-state index in [1.54, 1.807) is 19.4 Å². The minimum absolute atomic E-state index is 0.0588. The van der Waals surface area contributed by atoms with Crippen LogP contribution in [0.4, 0.5) is 5.95 Å². The van der Waals surface area contributed by atoms with Crippen LogP contribution in [0.2, 0.25) is 0 Å². The summed E-state index contributed by atoms with van der Waals surface area (Å²) in [5.74, 6) is 0.480. The molecule has 1 unspecified atom stereocenters.